The van der Waals surface area contributed by atoms with E-state index in [1.807, 2.05) is 6.92 Å². The van der Waals surface area contributed by atoms with Crippen molar-refractivity contribution in [1.29, 1.82) is 0 Å². The minimum Gasteiger partial charge on any atom is -0.390 e. The van der Waals surface area contributed by atoms with Crippen LogP contribution in [0.2, 0.25) is 0 Å². The number of nitrogens with one attached hydrogen (secondary N) is 2. The van der Waals surface area contributed by atoms with E-state index in [1.54, 1.807) is 25.1 Å². The number of hydrogen-bond acceptors (Lipinski definition) is 6. The molecular weight excluding hydrogens is 340 g/mol. The van der Waals surface area contributed by atoms with Gasteiger partial charge in [0, 0.05) is 19.1 Å². The first-order chi connectivity index (χ1) is 10.6. The highest BCUT2D eigenvalue weighted by Crippen LogP contribution is 2.16. The van der Waals surface area contributed by atoms with E-state index in [9.17, 15) is 21.9 Å². The van der Waals surface area contributed by atoms with Gasteiger partial charge in [0.05, 0.1) is 22.5 Å². The van der Waals surface area contributed by atoms with Crippen LogP contribution < -0.4 is 10.0 Å². The average Bonchev–Trinajstić information content (AvgIpc) is 2.67. The van der Waals surface area contributed by atoms with Gasteiger partial charge in [-0.15, -0.1) is 0 Å². The van der Waals surface area contributed by atoms with Crippen molar-refractivity contribution in [3.63, 3.8) is 0 Å². The molecule has 9 heteroatoms. The SMILES string of the molecule is Cc1ccc(S(=O)(=O)NCCN[C@@H]2CS(=O)(=O)C[C@H]2O)c(C)c1. The molecule has 0 saturated carbocycles. The van der Waals surface area contributed by atoms with Crippen molar-refractivity contribution in [2.24, 2.45) is 0 Å². The maximum Gasteiger partial charge on any atom is 0.240 e. The lowest BCUT2D eigenvalue weighted by molar-refractivity contribution is 0.166. The predicted octanol–water partition coefficient (Wildman–Crippen LogP) is -0.671. The van der Waals surface area contributed by atoms with Gasteiger partial charge in [0.15, 0.2) is 9.84 Å². The van der Waals surface area contributed by atoms with Gasteiger partial charge in [-0.1, -0.05) is 17.7 Å². The summed E-state index contributed by atoms with van der Waals surface area (Å²) in [5, 5.41) is 12.5. The number of benzene rings is 1. The first-order valence-electron chi connectivity index (χ1n) is 7.29. The molecule has 0 amide bonds. The van der Waals surface area contributed by atoms with Gasteiger partial charge in [0.25, 0.3) is 0 Å². The summed E-state index contributed by atoms with van der Waals surface area (Å²) in [5.74, 6) is -0.378. The van der Waals surface area contributed by atoms with Crippen LogP contribution in [0.3, 0.4) is 0 Å². The Kier molecular flexibility index (Phi) is 5.47. The molecule has 0 unspecified atom stereocenters. The van der Waals surface area contributed by atoms with Crippen molar-refractivity contribution in [2.75, 3.05) is 24.6 Å². The molecule has 3 N–H and O–H groups in total. The Hall–Kier alpha value is -1.00. The van der Waals surface area contributed by atoms with Gasteiger partial charge in [-0.3, -0.25) is 0 Å². The largest absolute Gasteiger partial charge is 0.390 e. The van der Waals surface area contributed by atoms with Gasteiger partial charge < -0.3 is 10.4 Å². The number of aliphatic hydroxyl groups excluding tert-OH is 1. The molecule has 7 nitrogen and oxygen atoms in total. The Morgan fingerprint density at radius 1 is 1.22 bits per heavy atom. The Morgan fingerprint density at radius 2 is 1.91 bits per heavy atom. The predicted molar refractivity (Wildman–Crippen MR) is 87.6 cm³/mol. The number of sulfonamides is 1. The van der Waals surface area contributed by atoms with Crippen LogP contribution in [-0.2, 0) is 19.9 Å². The second kappa shape index (κ2) is 6.86. The van der Waals surface area contributed by atoms with Gasteiger partial charge in [-0.25, -0.2) is 21.6 Å². The van der Waals surface area contributed by atoms with E-state index in [1.165, 1.54) is 0 Å². The molecule has 1 aromatic carbocycles. The summed E-state index contributed by atoms with van der Waals surface area (Å²) in [6.07, 6.45) is -0.948. The molecule has 0 radical (unpaired) electrons. The van der Waals surface area contributed by atoms with Crippen LogP contribution in [0.4, 0.5) is 0 Å². The zero-order valence-corrected chi connectivity index (χ0v) is 14.7. The van der Waals surface area contributed by atoms with Crippen LogP contribution in [0.1, 0.15) is 11.1 Å². The Balaban J connectivity index is 1.88. The zero-order chi connectivity index (χ0) is 17.3. The standard InChI is InChI=1S/C14H22N2O5S2/c1-10-3-4-14(11(2)7-10)23(20,21)16-6-5-15-12-8-22(18,19)9-13(12)17/h3-4,7,12-13,15-17H,5-6,8-9H2,1-2H3/t12-,13-/m1/s1. The highest BCUT2D eigenvalue weighted by molar-refractivity contribution is 7.91. The molecule has 0 spiro atoms. The van der Waals surface area contributed by atoms with Crippen molar-refractivity contribution in [3.05, 3.63) is 29.3 Å². The van der Waals surface area contributed by atoms with Crippen LogP contribution in [0.15, 0.2) is 23.1 Å². The van der Waals surface area contributed by atoms with Crippen molar-refractivity contribution in [3.8, 4) is 0 Å². The van der Waals surface area contributed by atoms with Gasteiger partial charge >= 0.3 is 0 Å². The number of hydrogen-bond donors (Lipinski definition) is 3. The normalized spacial score (nSPS) is 24.0. The molecule has 0 aliphatic carbocycles. The summed E-state index contributed by atoms with van der Waals surface area (Å²) >= 11 is 0. The van der Waals surface area contributed by atoms with E-state index >= 15 is 0 Å². The molecule has 23 heavy (non-hydrogen) atoms. The maximum absolute atomic E-state index is 12.2. The van der Waals surface area contributed by atoms with Gasteiger partial charge in [-0.05, 0) is 25.5 Å². The smallest absolute Gasteiger partial charge is 0.240 e. The Bertz CT molecular complexity index is 774. The molecule has 1 fully saturated rings. The molecule has 2 rings (SSSR count). The monoisotopic (exact) mass is 362 g/mol. The fourth-order valence-corrected chi connectivity index (χ4v) is 5.68. The number of aliphatic hydroxyl groups is 1. The minimum absolute atomic E-state index is 0.110. The third kappa shape index (κ3) is 4.74. The summed E-state index contributed by atoms with van der Waals surface area (Å²) in [6.45, 7) is 3.97. The Morgan fingerprint density at radius 3 is 2.48 bits per heavy atom. The molecular formula is C14H22N2O5S2. The number of sulfone groups is 1. The van der Waals surface area contributed by atoms with E-state index in [2.05, 4.69) is 10.0 Å². The first-order valence-corrected chi connectivity index (χ1v) is 10.6. The second-order valence-corrected chi connectivity index (χ2v) is 9.76. The highest BCUT2D eigenvalue weighted by Gasteiger charge is 2.35. The zero-order valence-electron chi connectivity index (χ0n) is 13.1. The fourth-order valence-electron chi connectivity index (χ4n) is 2.65. The topological polar surface area (TPSA) is 113 Å². The fraction of sp³-hybridized carbons (Fsp3) is 0.571. The summed E-state index contributed by atoms with van der Waals surface area (Å²) in [6, 6.07) is 4.55. The lowest BCUT2D eigenvalue weighted by Crippen LogP contribution is -2.42. The van der Waals surface area contributed by atoms with Gasteiger partial charge in [0.2, 0.25) is 10.0 Å². The summed E-state index contributed by atoms with van der Waals surface area (Å²) < 4.78 is 49.7. The second-order valence-electron chi connectivity index (χ2n) is 5.87. The molecule has 0 bridgehead atoms. The molecule has 2 atom stereocenters. The molecule has 130 valence electrons. The molecule has 1 heterocycles. The number of rotatable bonds is 6. The van der Waals surface area contributed by atoms with Crippen molar-refractivity contribution >= 4 is 19.9 Å². The maximum atomic E-state index is 12.2. The summed E-state index contributed by atoms with van der Waals surface area (Å²) in [7, 11) is -6.82. The van der Waals surface area contributed by atoms with E-state index in [0.717, 1.165) is 5.56 Å². The minimum atomic E-state index is -3.61. The van der Waals surface area contributed by atoms with Crippen LogP contribution in [0.5, 0.6) is 0 Å². The third-order valence-corrected chi connectivity index (χ3v) is 7.10. The van der Waals surface area contributed by atoms with Crippen LogP contribution in [0.25, 0.3) is 0 Å². The quantitative estimate of drug-likeness (QED) is 0.579. The lowest BCUT2D eigenvalue weighted by Gasteiger charge is -2.15. The third-order valence-electron chi connectivity index (χ3n) is 3.77. The molecule has 0 aromatic heterocycles. The average molecular weight is 362 g/mol. The summed E-state index contributed by atoms with van der Waals surface area (Å²) in [5.41, 5.74) is 1.65. The summed E-state index contributed by atoms with van der Waals surface area (Å²) in [4.78, 5) is 0.228. The number of aryl methyl sites for hydroxylation is 2. The van der Waals surface area contributed by atoms with E-state index in [-0.39, 0.29) is 29.5 Å². The van der Waals surface area contributed by atoms with Crippen LogP contribution >= 0.6 is 0 Å². The van der Waals surface area contributed by atoms with E-state index < -0.39 is 32.0 Å². The highest BCUT2D eigenvalue weighted by atomic mass is 32.2. The lowest BCUT2D eigenvalue weighted by atomic mass is 10.2. The van der Waals surface area contributed by atoms with Crippen molar-refractivity contribution in [2.45, 2.75) is 30.9 Å². The molecule has 1 aromatic rings. The van der Waals surface area contributed by atoms with Crippen LogP contribution in [0, 0.1) is 13.8 Å². The first kappa shape index (κ1) is 18.3. The van der Waals surface area contributed by atoms with Gasteiger partial charge in [0.1, 0.15) is 0 Å². The Labute approximate surface area is 137 Å². The van der Waals surface area contributed by atoms with Crippen molar-refractivity contribution in [1.82, 2.24) is 10.0 Å². The molecule has 1 aliphatic rings. The molecule has 1 aliphatic heterocycles. The van der Waals surface area contributed by atoms with Crippen LogP contribution in [-0.4, -0.2) is 58.7 Å². The van der Waals surface area contributed by atoms with Crippen molar-refractivity contribution < 1.29 is 21.9 Å². The molecule has 1 saturated heterocycles. The van der Waals surface area contributed by atoms with Gasteiger partial charge in [-0.2, -0.15) is 0 Å². The van der Waals surface area contributed by atoms with E-state index in [0.29, 0.717) is 5.56 Å². The van der Waals surface area contributed by atoms with E-state index in [4.69, 9.17) is 0 Å².